The minimum Gasteiger partial charge on any atom is -0.318 e. The number of nitrogens with two attached hydrogens (primary N) is 1. The van der Waals surface area contributed by atoms with Gasteiger partial charge in [0.25, 0.3) is 0 Å². The molecule has 1 nitrogen and oxygen atoms in total. The first-order valence-electron chi connectivity index (χ1n) is 1.45. The number of hydrogen-bond acceptors (Lipinski definition) is 1. The maximum atomic E-state index is 6.28. The highest BCUT2D eigenvalue weighted by atomic mass is 14.6. The van der Waals surface area contributed by atoms with E-state index in [1.165, 1.54) is 0 Å². The molecule has 0 fully saturated rings. The molecule has 0 aliphatic carbocycles. The molecule has 0 spiro atoms. The van der Waals surface area contributed by atoms with Crippen molar-refractivity contribution in [1.82, 2.24) is 0 Å². The topological polar surface area (TPSA) is 26.0 Å². The molecule has 5 heavy (non-hydrogen) atoms. The maximum Gasteiger partial charge on any atom is 0.0646 e. The summed E-state index contributed by atoms with van der Waals surface area (Å²) in [6.45, 7) is 1.70. The Morgan fingerprint density at radius 2 is 2.20 bits per heavy atom. The lowest BCUT2D eigenvalue weighted by molar-refractivity contribution is 0.959. The second-order valence-electron chi connectivity index (χ2n) is 0.933. The van der Waals surface area contributed by atoms with Gasteiger partial charge in [-0.2, -0.15) is 0 Å². The van der Waals surface area contributed by atoms with Gasteiger partial charge in [0, 0.05) is 0 Å². The van der Waals surface area contributed by atoms with Crippen LogP contribution in [0, 0.1) is 12.3 Å². The molecule has 27 valence electrons. The van der Waals surface area contributed by atoms with Crippen LogP contribution in [0.1, 0.15) is 6.92 Å². The number of rotatable bonds is 0. The van der Waals surface area contributed by atoms with Gasteiger partial charge in [0.1, 0.15) is 0 Å². The van der Waals surface area contributed by atoms with Crippen molar-refractivity contribution in [2.45, 2.75) is 13.0 Å². The Hall–Kier alpha value is -0.480. The second kappa shape index (κ2) is 1.80. The molecule has 0 aliphatic rings. The third-order valence-corrected chi connectivity index (χ3v) is 0.228. The summed E-state index contributed by atoms with van der Waals surface area (Å²) in [5.41, 5.74) is 4.99. The third-order valence-electron chi connectivity index (χ3n) is 0.228. The predicted octanol–water partition coefficient (Wildman–Crippen LogP) is -0.0766. The van der Waals surface area contributed by atoms with Crippen LogP contribution < -0.4 is 5.73 Å². The fourth-order valence-corrected chi connectivity index (χ4v) is 0. The molecule has 1 unspecified atom stereocenters. The Morgan fingerprint density at radius 3 is 2.20 bits per heavy atom. The molecule has 0 bridgehead atoms. The van der Waals surface area contributed by atoms with Gasteiger partial charge in [0.05, 0.1) is 6.04 Å². The predicted molar refractivity (Wildman–Crippen MR) is 20.8 cm³/mol. The molecule has 0 saturated carbocycles. The van der Waals surface area contributed by atoms with Gasteiger partial charge >= 0.3 is 0 Å². The molecule has 2 N–H and O–H groups in total. The molecular weight excluding hydrogens is 62.1 g/mol. The smallest absolute Gasteiger partial charge is 0.0646 e. The molecule has 1 heteroatoms. The van der Waals surface area contributed by atoms with Crippen LogP contribution >= 0.6 is 0 Å². The quantitative estimate of drug-likeness (QED) is 0.395. The van der Waals surface area contributed by atoms with Gasteiger partial charge in [-0.15, -0.1) is 0 Å². The minimum atomic E-state index is -0.199. The first-order valence-corrected chi connectivity index (χ1v) is 1.45. The van der Waals surface area contributed by atoms with Crippen LogP contribution in [-0.2, 0) is 0 Å². The monoisotopic (exact) mass is 68.1 g/mol. The normalized spacial score (nSPS) is 13.0. The summed E-state index contributed by atoms with van der Waals surface area (Å²) in [6, 6.07) is -0.199. The van der Waals surface area contributed by atoms with E-state index in [4.69, 9.17) is 12.2 Å². The van der Waals surface area contributed by atoms with Crippen LogP contribution in [0.4, 0.5) is 0 Å². The van der Waals surface area contributed by atoms with Crippen LogP contribution in [0.2, 0.25) is 0 Å². The molecule has 0 saturated heterocycles. The average molecular weight is 68.1 g/mol. The summed E-state index contributed by atoms with van der Waals surface area (Å²) in [5, 5.41) is 0. The highest BCUT2D eigenvalue weighted by molar-refractivity contribution is 4.86. The van der Waals surface area contributed by atoms with Crippen LogP contribution in [0.5, 0.6) is 0 Å². The van der Waals surface area contributed by atoms with Crippen molar-refractivity contribution in [2.75, 3.05) is 0 Å². The van der Waals surface area contributed by atoms with Crippen molar-refractivity contribution in [2.24, 2.45) is 5.73 Å². The van der Waals surface area contributed by atoms with E-state index >= 15 is 0 Å². The zero-order valence-corrected chi connectivity index (χ0v) is 3.15. The summed E-state index contributed by atoms with van der Waals surface area (Å²) >= 11 is 0. The van der Waals surface area contributed by atoms with Crippen molar-refractivity contribution >= 4 is 0 Å². The standard InChI is InChI=1S/C4H6N/c1-3-4(2)5/h4H,5H2,2H3. The summed E-state index contributed by atoms with van der Waals surface area (Å²) in [5.74, 6) is 2.06. The third kappa shape index (κ3) is 3.52. The second-order valence-corrected chi connectivity index (χ2v) is 0.933. The van der Waals surface area contributed by atoms with Gasteiger partial charge in [-0.25, -0.2) is 0 Å². The van der Waals surface area contributed by atoms with Crippen molar-refractivity contribution < 1.29 is 0 Å². The summed E-state index contributed by atoms with van der Waals surface area (Å²) in [7, 11) is 0. The van der Waals surface area contributed by atoms with Crippen molar-refractivity contribution in [1.29, 1.82) is 0 Å². The van der Waals surface area contributed by atoms with Crippen molar-refractivity contribution in [3.63, 3.8) is 0 Å². The first-order chi connectivity index (χ1) is 2.27. The maximum absolute atomic E-state index is 6.28. The van der Waals surface area contributed by atoms with E-state index in [0.717, 1.165) is 0 Å². The van der Waals surface area contributed by atoms with Gasteiger partial charge in [-0.3, -0.25) is 0 Å². The first kappa shape index (κ1) is 4.52. The SMILES string of the molecule is [C]#CC(C)N. The Labute approximate surface area is 32.2 Å². The van der Waals surface area contributed by atoms with Crippen LogP contribution in [-0.4, -0.2) is 6.04 Å². The number of hydrogen-bond donors (Lipinski definition) is 1. The lowest BCUT2D eigenvalue weighted by Crippen LogP contribution is -2.09. The lowest BCUT2D eigenvalue weighted by atomic mass is 10.4. The summed E-state index contributed by atoms with van der Waals surface area (Å²) in [4.78, 5) is 0. The van der Waals surface area contributed by atoms with E-state index in [1.54, 1.807) is 6.92 Å². The van der Waals surface area contributed by atoms with Crippen molar-refractivity contribution in [3.05, 3.63) is 6.42 Å². The van der Waals surface area contributed by atoms with E-state index in [1.807, 2.05) is 0 Å². The van der Waals surface area contributed by atoms with E-state index in [9.17, 15) is 0 Å². The fourth-order valence-electron chi connectivity index (χ4n) is 0. The van der Waals surface area contributed by atoms with E-state index < -0.39 is 0 Å². The van der Waals surface area contributed by atoms with Crippen LogP contribution in [0.25, 0.3) is 0 Å². The fraction of sp³-hybridized carbons (Fsp3) is 0.500. The van der Waals surface area contributed by atoms with Gasteiger partial charge in [-0.05, 0) is 13.3 Å². The molecule has 0 aromatic heterocycles. The lowest BCUT2D eigenvalue weighted by Gasteiger charge is -1.81. The summed E-state index contributed by atoms with van der Waals surface area (Å²) in [6.07, 6.45) is 6.28. The molecule has 1 atom stereocenters. The Bertz CT molecular complexity index is 49.2. The molecule has 0 aromatic rings. The summed E-state index contributed by atoms with van der Waals surface area (Å²) < 4.78 is 0. The van der Waals surface area contributed by atoms with E-state index in [-0.39, 0.29) is 6.04 Å². The van der Waals surface area contributed by atoms with Gasteiger partial charge in [0.15, 0.2) is 0 Å². The van der Waals surface area contributed by atoms with Gasteiger partial charge in [-0.1, -0.05) is 5.92 Å². The van der Waals surface area contributed by atoms with E-state index in [0.29, 0.717) is 0 Å². The van der Waals surface area contributed by atoms with E-state index in [2.05, 4.69) is 5.92 Å². The molecule has 0 rings (SSSR count). The van der Waals surface area contributed by atoms with Crippen LogP contribution in [0.3, 0.4) is 0 Å². The molecule has 0 amide bonds. The Kier molecular flexibility index (Phi) is 1.63. The molecule has 0 heterocycles. The Morgan fingerprint density at radius 1 is 2.00 bits per heavy atom. The Balaban J connectivity index is 2.94. The average Bonchev–Trinajstić information content (AvgIpc) is 1.38. The highest BCUT2D eigenvalue weighted by Gasteiger charge is 1.74. The molecule has 1 radical (unpaired) electrons. The molecule has 0 aromatic carbocycles. The minimum absolute atomic E-state index is 0.199. The van der Waals surface area contributed by atoms with Crippen molar-refractivity contribution in [3.8, 4) is 5.92 Å². The molecule has 0 aliphatic heterocycles. The van der Waals surface area contributed by atoms with Gasteiger partial charge in [0.2, 0.25) is 0 Å². The zero-order valence-electron chi connectivity index (χ0n) is 3.15. The largest absolute Gasteiger partial charge is 0.318 e. The highest BCUT2D eigenvalue weighted by Crippen LogP contribution is 1.60. The zero-order chi connectivity index (χ0) is 4.28. The van der Waals surface area contributed by atoms with Crippen LogP contribution in [0.15, 0.2) is 0 Å². The van der Waals surface area contributed by atoms with Gasteiger partial charge < -0.3 is 5.73 Å². The molecular formula is C4H6N.